The van der Waals surface area contributed by atoms with E-state index in [0.29, 0.717) is 12.5 Å². The van der Waals surface area contributed by atoms with Gasteiger partial charge in [-0.3, -0.25) is 0 Å². The van der Waals surface area contributed by atoms with E-state index in [1.165, 1.54) is 6.42 Å². The summed E-state index contributed by atoms with van der Waals surface area (Å²) in [6, 6.07) is 0. The Morgan fingerprint density at radius 1 is 1.35 bits per heavy atom. The van der Waals surface area contributed by atoms with Crippen LogP contribution >= 0.6 is 0 Å². The number of ether oxygens (including phenoxy) is 1. The lowest BCUT2D eigenvalue weighted by molar-refractivity contribution is -0.0303. The Labute approximate surface area is 106 Å². The van der Waals surface area contributed by atoms with Gasteiger partial charge in [-0.25, -0.2) is 0 Å². The van der Waals surface area contributed by atoms with Crippen molar-refractivity contribution in [1.29, 1.82) is 0 Å². The van der Waals surface area contributed by atoms with Crippen molar-refractivity contribution in [3.8, 4) is 0 Å². The van der Waals surface area contributed by atoms with Crippen LogP contribution in [-0.2, 0) is 4.74 Å². The van der Waals surface area contributed by atoms with Crippen LogP contribution in [0.3, 0.4) is 0 Å². The summed E-state index contributed by atoms with van der Waals surface area (Å²) in [6.45, 7) is 6.56. The maximum atomic E-state index is 10.1. The van der Waals surface area contributed by atoms with Gasteiger partial charge in [0, 0.05) is 25.2 Å². The third-order valence-corrected chi connectivity index (χ3v) is 4.10. The first-order valence-corrected chi connectivity index (χ1v) is 7.06. The summed E-state index contributed by atoms with van der Waals surface area (Å²) >= 11 is 0. The van der Waals surface area contributed by atoms with Crippen molar-refractivity contribution < 1.29 is 9.84 Å². The van der Waals surface area contributed by atoms with Gasteiger partial charge in [-0.05, 0) is 31.6 Å². The second-order valence-corrected chi connectivity index (χ2v) is 5.87. The maximum absolute atomic E-state index is 10.1. The van der Waals surface area contributed by atoms with Crippen LogP contribution in [0.4, 0.5) is 0 Å². The van der Waals surface area contributed by atoms with Crippen molar-refractivity contribution in [1.82, 2.24) is 0 Å². The largest absolute Gasteiger partial charge is 0.392 e. The van der Waals surface area contributed by atoms with Crippen LogP contribution in [0.1, 0.15) is 52.4 Å². The molecule has 0 bridgehead atoms. The van der Waals surface area contributed by atoms with Gasteiger partial charge in [0.2, 0.25) is 0 Å². The molecule has 0 amide bonds. The highest BCUT2D eigenvalue weighted by Gasteiger charge is 2.38. The van der Waals surface area contributed by atoms with E-state index in [9.17, 15) is 5.11 Å². The average molecular weight is 243 g/mol. The Balaban J connectivity index is 2.26. The lowest BCUT2D eigenvalue weighted by Crippen LogP contribution is -2.44. The number of nitrogens with two attached hydrogens (primary N) is 1. The topological polar surface area (TPSA) is 55.5 Å². The number of hydrogen-bond acceptors (Lipinski definition) is 3. The highest BCUT2D eigenvalue weighted by atomic mass is 16.5. The summed E-state index contributed by atoms with van der Waals surface area (Å²) in [7, 11) is 0. The van der Waals surface area contributed by atoms with E-state index in [0.717, 1.165) is 45.3 Å². The molecular formula is C14H29NO2. The summed E-state index contributed by atoms with van der Waals surface area (Å²) in [4.78, 5) is 0. The summed E-state index contributed by atoms with van der Waals surface area (Å²) < 4.78 is 5.66. The zero-order valence-electron chi connectivity index (χ0n) is 11.5. The standard InChI is InChI=1S/C14H29NO2/c1-12(2)6-9-17-10-8-14(11-15)7-4-3-5-13(14)16/h12-13,16H,3-11,15H2,1-2H3. The molecule has 0 saturated heterocycles. The van der Waals surface area contributed by atoms with Gasteiger partial charge >= 0.3 is 0 Å². The molecule has 102 valence electrons. The van der Waals surface area contributed by atoms with Gasteiger partial charge < -0.3 is 15.6 Å². The molecule has 1 aliphatic carbocycles. The third-order valence-electron chi connectivity index (χ3n) is 4.10. The maximum Gasteiger partial charge on any atom is 0.0609 e. The van der Waals surface area contributed by atoms with Crippen molar-refractivity contribution in [2.75, 3.05) is 19.8 Å². The minimum atomic E-state index is -0.227. The number of rotatable bonds is 7. The molecule has 1 rings (SSSR count). The molecule has 3 N–H and O–H groups in total. The van der Waals surface area contributed by atoms with Gasteiger partial charge in [-0.15, -0.1) is 0 Å². The first-order chi connectivity index (χ1) is 8.10. The predicted octanol–water partition coefficient (Wildman–Crippen LogP) is 2.32. The molecular weight excluding hydrogens is 214 g/mol. The first kappa shape index (κ1) is 14.9. The first-order valence-electron chi connectivity index (χ1n) is 7.06. The molecule has 0 aromatic carbocycles. The Morgan fingerprint density at radius 2 is 2.12 bits per heavy atom. The molecule has 1 aliphatic rings. The molecule has 3 heteroatoms. The number of aliphatic hydroxyl groups excluding tert-OH is 1. The van der Waals surface area contributed by atoms with E-state index in [1.807, 2.05) is 0 Å². The summed E-state index contributed by atoms with van der Waals surface area (Å²) in [5.74, 6) is 0.693. The van der Waals surface area contributed by atoms with E-state index in [4.69, 9.17) is 10.5 Å². The second-order valence-electron chi connectivity index (χ2n) is 5.87. The molecule has 0 radical (unpaired) electrons. The minimum absolute atomic E-state index is 0.0733. The van der Waals surface area contributed by atoms with Crippen molar-refractivity contribution in [2.45, 2.75) is 58.5 Å². The Hall–Kier alpha value is -0.120. The minimum Gasteiger partial charge on any atom is -0.392 e. The highest BCUT2D eigenvalue weighted by Crippen LogP contribution is 2.38. The Kier molecular flexibility index (Phi) is 6.45. The molecule has 0 heterocycles. The van der Waals surface area contributed by atoms with E-state index in [-0.39, 0.29) is 11.5 Å². The zero-order chi connectivity index (χ0) is 12.7. The smallest absolute Gasteiger partial charge is 0.0609 e. The Bertz CT molecular complexity index is 208. The van der Waals surface area contributed by atoms with Gasteiger partial charge in [0.05, 0.1) is 6.10 Å². The second kappa shape index (κ2) is 7.34. The van der Waals surface area contributed by atoms with Gasteiger partial charge in [0.25, 0.3) is 0 Å². The molecule has 1 fully saturated rings. The highest BCUT2D eigenvalue weighted by molar-refractivity contribution is 4.90. The molecule has 3 nitrogen and oxygen atoms in total. The lowest BCUT2D eigenvalue weighted by Gasteiger charge is -2.40. The summed E-state index contributed by atoms with van der Waals surface area (Å²) in [6.07, 6.45) is 6.08. The quantitative estimate of drug-likeness (QED) is 0.675. The van der Waals surface area contributed by atoms with Crippen LogP contribution < -0.4 is 5.73 Å². The van der Waals surface area contributed by atoms with Gasteiger partial charge in [-0.1, -0.05) is 26.7 Å². The SMILES string of the molecule is CC(C)CCOCCC1(CN)CCCCC1O. The zero-order valence-corrected chi connectivity index (χ0v) is 11.5. The monoisotopic (exact) mass is 243 g/mol. The van der Waals surface area contributed by atoms with Crippen LogP contribution in [0.2, 0.25) is 0 Å². The number of hydrogen-bond donors (Lipinski definition) is 2. The van der Waals surface area contributed by atoms with Crippen molar-refractivity contribution in [2.24, 2.45) is 17.1 Å². The van der Waals surface area contributed by atoms with Crippen LogP contribution in [0.5, 0.6) is 0 Å². The van der Waals surface area contributed by atoms with E-state index in [2.05, 4.69) is 13.8 Å². The van der Waals surface area contributed by atoms with E-state index < -0.39 is 0 Å². The summed E-state index contributed by atoms with van der Waals surface area (Å²) in [5, 5.41) is 10.1. The fraction of sp³-hybridized carbons (Fsp3) is 1.00. The van der Waals surface area contributed by atoms with Gasteiger partial charge in [0.15, 0.2) is 0 Å². The van der Waals surface area contributed by atoms with Gasteiger partial charge in [-0.2, -0.15) is 0 Å². The van der Waals surface area contributed by atoms with E-state index >= 15 is 0 Å². The molecule has 0 aromatic heterocycles. The van der Waals surface area contributed by atoms with Crippen molar-refractivity contribution >= 4 is 0 Å². The lowest BCUT2D eigenvalue weighted by atomic mass is 9.70. The summed E-state index contributed by atoms with van der Waals surface area (Å²) in [5.41, 5.74) is 5.80. The molecule has 17 heavy (non-hydrogen) atoms. The van der Waals surface area contributed by atoms with Crippen molar-refractivity contribution in [3.63, 3.8) is 0 Å². The fourth-order valence-corrected chi connectivity index (χ4v) is 2.62. The number of aliphatic hydroxyl groups is 1. The normalized spacial score (nSPS) is 29.8. The molecule has 0 aliphatic heterocycles. The van der Waals surface area contributed by atoms with Crippen LogP contribution in [0.15, 0.2) is 0 Å². The van der Waals surface area contributed by atoms with Gasteiger partial charge in [0.1, 0.15) is 0 Å². The molecule has 2 unspecified atom stereocenters. The van der Waals surface area contributed by atoms with Crippen LogP contribution in [0, 0.1) is 11.3 Å². The molecule has 0 spiro atoms. The third kappa shape index (κ3) is 4.57. The Morgan fingerprint density at radius 3 is 2.71 bits per heavy atom. The fourth-order valence-electron chi connectivity index (χ4n) is 2.62. The van der Waals surface area contributed by atoms with Crippen LogP contribution in [-0.4, -0.2) is 31.0 Å². The molecule has 0 aromatic rings. The average Bonchev–Trinajstić information content (AvgIpc) is 2.31. The van der Waals surface area contributed by atoms with E-state index in [1.54, 1.807) is 0 Å². The van der Waals surface area contributed by atoms with Crippen molar-refractivity contribution in [3.05, 3.63) is 0 Å². The van der Waals surface area contributed by atoms with Crippen LogP contribution in [0.25, 0.3) is 0 Å². The molecule has 1 saturated carbocycles. The molecule has 2 atom stereocenters. The predicted molar refractivity (Wildman–Crippen MR) is 70.9 cm³/mol.